The van der Waals surface area contributed by atoms with E-state index in [4.69, 9.17) is 22.2 Å². The Kier molecular flexibility index (Phi) is 8.69. The van der Waals surface area contributed by atoms with Gasteiger partial charge in [-0.1, -0.05) is 60.7 Å². The normalized spacial score (nSPS) is 20.6. The first-order chi connectivity index (χ1) is 15.1. The smallest absolute Gasteiger partial charge is 0.134 e. The van der Waals surface area contributed by atoms with Crippen LogP contribution in [0.1, 0.15) is 41.5 Å². The van der Waals surface area contributed by atoms with Crippen LogP contribution in [-0.4, -0.2) is 6.69 Å². The molecule has 32 heavy (non-hydrogen) atoms. The van der Waals surface area contributed by atoms with Gasteiger partial charge in [-0.2, -0.15) is 0 Å². The average Bonchev–Trinajstić information content (AvgIpc) is 3.18. The summed E-state index contributed by atoms with van der Waals surface area (Å²) in [6, 6.07) is 19.7. The summed E-state index contributed by atoms with van der Waals surface area (Å²) in [6.07, 6.45) is 4.78. The molecule has 0 amide bonds. The quantitative estimate of drug-likeness (QED) is 0.292. The van der Waals surface area contributed by atoms with Gasteiger partial charge in [0.05, 0.1) is 0 Å². The molecule has 2 atom stereocenters. The third kappa shape index (κ3) is 5.69. The Morgan fingerprint density at radius 1 is 0.625 bits per heavy atom. The van der Waals surface area contributed by atoms with E-state index in [9.17, 15) is 0 Å². The van der Waals surface area contributed by atoms with E-state index < -0.39 is 6.69 Å². The first-order valence-electron chi connectivity index (χ1n) is 11.2. The molecule has 2 unspecified atom stereocenters. The van der Waals surface area contributed by atoms with Crippen molar-refractivity contribution < 1.29 is 19.2 Å². The third-order valence-electron chi connectivity index (χ3n) is 6.51. The van der Waals surface area contributed by atoms with Crippen molar-refractivity contribution in [1.82, 2.24) is 0 Å². The van der Waals surface area contributed by atoms with Crippen LogP contribution in [-0.2, 0) is 19.2 Å². The molecule has 0 fully saturated rings. The Bertz CT molecular complexity index is 993. The van der Waals surface area contributed by atoms with Gasteiger partial charge < -0.3 is 0 Å². The van der Waals surface area contributed by atoms with Gasteiger partial charge in [0.2, 0.25) is 0 Å². The van der Waals surface area contributed by atoms with Gasteiger partial charge in [0.25, 0.3) is 0 Å². The summed E-state index contributed by atoms with van der Waals surface area (Å²) in [6.45, 7) is 11.4. The second kappa shape index (κ2) is 10.9. The van der Waals surface area contributed by atoms with Crippen LogP contribution >= 0.6 is 22.2 Å². The zero-order valence-electron chi connectivity index (χ0n) is 19.8. The molecule has 0 radical (unpaired) electrons. The molecule has 4 heteroatoms. The maximum atomic E-state index is 6.49. The maximum Gasteiger partial charge on any atom is 0.310 e. The van der Waals surface area contributed by atoms with Gasteiger partial charge in [-0.15, -0.1) is 22.2 Å². The maximum absolute atomic E-state index is 6.49. The summed E-state index contributed by atoms with van der Waals surface area (Å²) in [4.78, 5) is 0. The van der Waals surface area contributed by atoms with Crippen LogP contribution in [0.5, 0.6) is 0 Å². The van der Waals surface area contributed by atoms with Gasteiger partial charge in [0.1, 0.15) is 0 Å². The van der Waals surface area contributed by atoms with Crippen molar-refractivity contribution in [3.8, 4) is 0 Å². The van der Waals surface area contributed by atoms with Gasteiger partial charge >= 0.3 is 121 Å². The van der Waals surface area contributed by atoms with Crippen LogP contribution in [0.25, 0.3) is 0 Å². The van der Waals surface area contributed by atoms with Crippen LogP contribution in [0.15, 0.2) is 103 Å². The molecule has 0 heterocycles. The Labute approximate surface area is 213 Å². The molecule has 0 saturated carbocycles. The molecule has 0 saturated heterocycles. The van der Waals surface area contributed by atoms with E-state index in [0.29, 0.717) is 11.8 Å². The Morgan fingerprint density at radius 2 is 0.969 bits per heavy atom. The van der Waals surface area contributed by atoms with Gasteiger partial charge in [-0.05, 0) is 10.4 Å². The first-order valence-corrected chi connectivity index (χ1v) is 16.7. The van der Waals surface area contributed by atoms with E-state index >= 15 is 0 Å². The predicted molar refractivity (Wildman–Crippen MR) is 141 cm³/mol. The molecular formula is C28H32Cl2SiTi. The van der Waals surface area contributed by atoms with E-state index in [1.54, 1.807) is 30.0 Å². The van der Waals surface area contributed by atoms with Crippen LogP contribution in [0.2, 0.25) is 0 Å². The molecule has 0 bridgehead atoms. The van der Waals surface area contributed by atoms with E-state index in [1.807, 2.05) is 60.7 Å². The summed E-state index contributed by atoms with van der Waals surface area (Å²) in [7, 11) is 0. The molecule has 0 aliphatic heterocycles. The second-order valence-electron chi connectivity index (χ2n) is 8.84. The van der Waals surface area contributed by atoms with Gasteiger partial charge in [-0.25, -0.2) is 0 Å². The fourth-order valence-electron chi connectivity index (χ4n) is 4.25. The molecule has 0 nitrogen and oxygen atoms in total. The molecule has 166 valence electrons. The zero-order valence-corrected chi connectivity index (χ0v) is 23.9. The largest absolute Gasteiger partial charge is 0.310 e. The molecule has 2 aliphatic rings. The number of benzene rings is 2. The third-order valence-corrected chi connectivity index (χ3v) is 14.7. The van der Waals surface area contributed by atoms with Crippen LogP contribution in [0, 0.1) is 11.8 Å². The summed E-state index contributed by atoms with van der Waals surface area (Å²) in [5, 5.41) is 2.05. The number of allylic oxidation sites excluding steroid dienone is 8. The Morgan fingerprint density at radius 3 is 1.25 bits per heavy atom. The number of hydrogen-bond acceptors (Lipinski definition) is 0. The number of halogens is 2. The van der Waals surface area contributed by atoms with E-state index in [-0.39, 0.29) is 19.2 Å². The molecule has 0 aromatic heterocycles. The minimum atomic E-state index is -2.51. The zero-order chi connectivity index (χ0) is 23.5. The van der Waals surface area contributed by atoms with Crippen molar-refractivity contribution in [3.05, 3.63) is 103 Å². The van der Waals surface area contributed by atoms with Crippen molar-refractivity contribution in [2.24, 2.45) is 11.8 Å². The first kappa shape index (κ1) is 25.5. The van der Waals surface area contributed by atoms with Gasteiger partial charge in [0, 0.05) is 0 Å². The van der Waals surface area contributed by atoms with Gasteiger partial charge in [0.15, 0.2) is 0 Å². The van der Waals surface area contributed by atoms with Crippen molar-refractivity contribution in [1.29, 1.82) is 0 Å². The van der Waals surface area contributed by atoms with Crippen LogP contribution in [0.4, 0.5) is 0 Å². The van der Waals surface area contributed by atoms with Gasteiger partial charge in [-0.3, -0.25) is 0 Å². The van der Waals surface area contributed by atoms with Crippen molar-refractivity contribution in [3.63, 3.8) is 0 Å². The molecule has 2 aromatic carbocycles. The molecule has 2 aliphatic carbocycles. The van der Waals surface area contributed by atoms with E-state index in [2.05, 4.69) is 53.7 Å². The van der Waals surface area contributed by atoms with Crippen molar-refractivity contribution in [2.75, 3.05) is 0 Å². The topological polar surface area (TPSA) is 0 Å². The Hall–Kier alpha value is -1.09. The summed E-state index contributed by atoms with van der Waals surface area (Å²) in [5.74, 6) is 1.40. The molecule has 4 rings (SSSR count). The minimum Gasteiger partial charge on any atom is -0.134 e. The fourth-order valence-corrected chi connectivity index (χ4v) is 10.00. The summed E-state index contributed by atoms with van der Waals surface area (Å²) in [5.41, 5.74) is 6.20. The molecule has 0 N–H and O–H groups in total. The number of rotatable bonds is 4. The predicted octanol–water partition coefficient (Wildman–Crippen LogP) is 7.53. The Balaban J connectivity index is 0.000000182. The fraction of sp³-hybridized carbons (Fsp3) is 0.286. The molecule has 0 spiro atoms. The second-order valence-corrected chi connectivity index (χ2v) is 17.2. The monoisotopic (exact) mass is 514 g/mol. The SMILES string of the molecule is CC1=CC(C)=[C]([Ti][C]2=C(C)C=C(C)C2C)C1C.Cl[Si](Cl)(c1ccccc1)c1ccccc1. The van der Waals surface area contributed by atoms with E-state index in [1.165, 1.54) is 0 Å². The standard InChI is InChI=1S/C12H10Cl2Si.2C8H11.Ti/c13-15(14,11-7-3-1-4-8-11)12-9-5-2-6-10-12;2*1-6-4-7(2)8(3)5-6;/h1-10H;2*4,8H,1-3H3;. The van der Waals surface area contributed by atoms with Crippen molar-refractivity contribution in [2.45, 2.75) is 41.5 Å². The number of hydrogen-bond donors (Lipinski definition) is 0. The van der Waals surface area contributed by atoms with Crippen molar-refractivity contribution >= 4 is 39.2 Å². The van der Waals surface area contributed by atoms with E-state index in [0.717, 1.165) is 10.4 Å². The summed E-state index contributed by atoms with van der Waals surface area (Å²) < 4.78 is 3.51. The minimum absolute atomic E-state index is 0.0939. The average molecular weight is 515 g/mol. The molecular weight excluding hydrogens is 483 g/mol. The summed E-state index contributed by atoms with van der Waals surface area (Å²) >= 11 is 12.9. The van der Waals surface area contributed by atoms with Crippen LogP contribution in [0.3, 0.4) is 0 Å². The molecule has 2 aromatic rings. The van der Waals surface area contributed by atoms with Crippen LogP contribution < -0.4 is 10.4 Å².